The van der Waals surface area contributed by atoms with Gasteiger partial charge in [-0.2, -0.15) is 9.40 Å². The summed E-state index contributed by atoms with van der Waals surface area (Å²) < 4.78 is 26.8. The summed E-state index contributed by atoms with van der Waals surface area (Å²) in [6.45, 7) is 3.21. The van der Waals surface area contributed by atoms with Crippen molar-refractivity contribution in [2.24, 2.45) is 0 Å². The van der Waals surface area contributed by atoms with E-state index in [9.17, 15) is 8.42 Å². The zero-order valence-corrected chi connectivity index (χ0v) is 12.8. The lowest BCUT2D eigenvalue weighted by atomic mass is 9.77. The molecule has 1 N–H and O–H groups in total. The van der Waals surface area contributed by atoms with Gasteiger partial charge in [0.25, 0.3) is 0 Å². The first-order chi connectivity index (χ1) is 10.0. The molecule has 1 fully saturated rings. The fraction of sp³-hybridized carbons (Fsp3) is 0.400. The van der Waals surface area contributed by atoms with E-state index in [1.165, 1.54) is 18.0 Å². The Balaban J connectivity index is 1.90. The Kier molecular flexibility index (Phi) is 3.59. The number of benzene rings is 1. The van der Waals surface area contributed by atoms with Gasteiger partial charge in [-0.1, -0.05) is 37.3 Å². The third-order valence-electron chi connectivity index (χ3n) is 4.24. The summed E-state index contributed by atoms with van der Waals surface area (Å²) >= 11 is 0. The molecule has 0 amide bonds. The number of hydrogen-bond donors (Lipinski definition) is 1. The number of nitrogens with one attached hydrogen (secondary N) is 1. The van der Waals surface area contributed by atoms with Gasteiger partial charge in [-0.25, -0.2) is 8.42 Å². The number of piperidine rings is 1. The molecule has 3 rings (SSSR count). The topological polar surface area (TPSA) is 66.1 Å². The van der Waals surface area contributed by atoms with Crippen molar-refractivity contribution in [3.8, 4) is 0 Å². The maximum Gasteiger partial charge on any atom is 0.246 e. The Morgan fingerprint density at radius 3 is 2.71 bits per heavy atom. The molecule has 0 saturated carbocycles. The maximum absolute atomic E-state index is 12.6. The molecule has 1 saturated heterocycles. The Bertz CT molecular complexity index is 698. The second-order valence-electron chi connectivity index (χ2n) is 5.80. The minimum absolute atomic E-state index is 0.143. The SMILES string of the molecule is C[C@]1(c2ccccc2)CCCN(S(=O)(=O)c2cn[nH]c2)C1. The predicted molar refractivity (Wildman–Crippen MR) is 80.4 cm³/mol. The third-order valence-corrected chi connectivity index (χ3v) is 6.05. The molecule has 0 bridgehead atoms. The standard InChI is InChI=1S/C15H19N3O2S/c1-15(13-6-3-2-4-7-13)8-5-9-18(12-15)21(19,20)14-10-16-17-11-14/h2-4,6-7,10-11H,5,8-9,12H2,1H3,(H,16,17)/t15-/m0/s1. The van der Waals surface area contributed by atoms with Crippen LogP contribution < -0.4 is 0 Å². The molecule has 1 atom stereocenters. The molecular weight excluding hydrogens is 286 g/mol. The average molecular weight is 305 g/mol. The van der Waals surface area contributed by atoms with E-state index >= 15 is 0 Å². The monoisotopic (exact) mass is 305 g/mol. The lowest BCUT2D eigenvalue weighted by Gasteiger charge is -2.40. The molecule has 0 radical (unpaired) electrons. The fourth-order valence-electron chi connectivity index (χ4n) is 3.00. The molecule has 2 aromatic rings. The molecule has 0 unspecified atom stereocenters. The second-order valence-corrected chi connectivity index (χ2v) is 7.74. The Hall–Kier alpha value is -1.66. The first kappa shape index (κ1) is 14.3. The molecule has 21 heavy (non-hydrogen) atoms. The van der Waals surface area contributed by atoms with Crippen molar-refractivity contribution < 1.29 is 8.42 Å². The van der Waals surface area contributed by atoms with Crippen molar-refractivity contribution >= 4 is 10.0 Å². The molecular formula is C15H19N3O2S. The highest BCUT2D eigenvalue weighted by Crippen LogP contribution is 2.35. The van der Waals surface area contributed by atoms with Gasteiger partial charge in [-0.3, -0.25) is 5.10 Å². The van der Waals surface area contributed by atoms with Gasteiger partial charge >= 0.3 is 0 Å². The van der Waals surface area contributed by atoms with Crippen molar-refractivity contribution in [3.63, 3.8) is 0 Å². The summed E-state index contributed by atoms with van der Waals surface area (Å²) in [4.78, 5) is 0.236. The van der Waals surface area contributed by atoms with Crippen LogP contribution in [0.15, 0.2) is 47.6 Å². The summed E-state index contributed by atoms with van der Waals surface area (Å²) in [5.74, 6) is 0. The van der Waals surface area contributed by atoms with Gasteiger partial charge in [0.05, 0.1) is 6.20 Å². The van der Waals surface area contributed by atoms with Crippen LogP contribution in [0.5, 0.6) is 0 Å². The first-order valence-electron chi connectivity index (χ1n) is 7.07. The predicted octanol–water partition coefficient (Wildman–Crippen LogP) is 2.15. The normalized spacial score (nSPS) is 24.0. The number of H-pyrrole nitrogens is 1. The van der Waals surface area contributed by atoms with Gasteiger partial charge in [0.2, 0.25) is 10.0 Å². The van der Waals surface area contributed by atoms with E-state index in [0.717, 1.165) is 12.8 Å². The number of sulfonamides is 1. The van der Waals surface area contributed by atoms with Gasteiger partial charge in [-0.15, -0.1) is 0 Å². The minimum Gasteiger partial charge on any atom is -0.284 e. The molecule has 6 heteroatoms. The van der Waals surface area contributed by atoms with E-state index in [4.69, 9.17) is 0 Å². The molecule has 0 spiro atoms. The fourth-order valence-corrected chi connectivity index (χ4v) is 4.51. The Morgan fingerprint density at radius 2 is 2.05 bits per heavy atom. The number of nitrogens with zero attached hydrogens (tertiary/aromatic N) is 2. The molecule has 1 aliphatic rings. The molecule has 5 nitrogen and oxygen atoms in total. The smallest absolute Gasteiger partial charge is 0.246 e. The van der Waals surface area contributed by atoms with Crippen LogP contribution in [0.4, 0.5) is 0 Å². The van der Waals surface area contributed by atoms with E-state index in [1.54, 1.807) is 4.31 Å². The van der Waals surface area contributed by atoms with Crippen LogP contribution in [0.25, 0.3) is 0 Å². The number of rotatable bonds is 3. The summed E-state index contributed by atoms with van der Waals surface area (Å²) in [6, 6.07) is 10.1. The highest BCUT2D eigenvalue weighted by molar-refractivity contribution is 7.89. The number of aromatic amines is 1. The Labute approximate surface area is 125 Å². The van der Waals surface area contributed by atoms with E-state index in [-0.39, 0.29) is 10.3 Å². The van der Waals surface area contributed by atoms with Crippen LogP contribution in [-0.2, 0) is 15.4 Å². The average Bonchev–Trinajstić information content (AvgIpc) is 3.03. The van der Waals surface area contributed by atoms with Gasteiger partial charge in [-0.05, 0) is 18.4 Å². The van der Waals surface area contributed by atoms with Crippen LogP contribution in [0.2, 0.25) is 0 Å². The van der Waals surface area contributed by atoms with Gasteiger partial charge in [0.15, 0.2) is 0 Å². The van der Waals surface area contributed by atoms with Crippen molar-refractivity contribution in [1.82, 2.24) is 14.5 Å². The van der Waals surface area contributed by atoms with Crippen LogP contribution in [0.3, 0.4) is 0 Å². The largest absolute Gasteiger partial charge is 0.284 e. The quantitative estimate of drug-likeness (QED) is 0.945. The molecule has 1 aliphatic heterocycles. The van der Waals surface area contributed by atoms with Crippen LogP contribution in [0.1, 0.15) is 25.3 Å². The Morgan fingerprint density at radius 1 is 1.29 bits per heavy atom. The van der Waals surface area contributed by atoms with Crippen LogP contribution in [-0.4, -0.2) is 36.0 Å². The highest BCUT2D eigenvalue weighted by Gasteiger charge is 2.38. The van der Waals surface area contributed by atoms with Crippen LogP contribution >= 0.6 is 0 Å². The van der Waals surface area contributed by atoms with Crippen molar-refractivity contribution in [2.45, 2.75) is 30.1 Å². The van der Waals surface area contributed by atoms with E-state index in [2.05, 4.69) is 29.3 Å². The molecule has 1 aromatic carbocycles. The summed E-state index contributed by atoms with van der Waals surface area (Å²) in [5.41, 5.74) is 1.05. The highest BCUT2D eigenvalue weighted by atomic mass is 32.2. The third kappa shape index (κ3) is 2.61. The van der Waals surface area contributed by atoms with Crippen molar-refractivity contribution in [2.75, 3.05) is 13.1 Å². The summed E-state index contributed by atoms with van der Waals surface area (Å²) in [5, 5.41) is 6.32. The molecule has 112 valence electrons. The number of hydrogen-bond acceptors (Lipinski definition) is 3. The first-order valence-corrected chi connectivity index (χ1v) is 8.51. The summed E-state index contributed by atoms with van der Waals surface area (Å²) in [7, 11) is -3.46. The van der Waals surface area contributed by atoms with Gasteiger partial charge < -0.3 is 0 Å². The zero-order chi connectivity index (χ0) is 14.9. The maximum atomic E-state index is 12.6. The lowest BCUT2D eigenvalue weighted by molar-refractivity contribution is 0.240. The lowest BCUT2D eigenvalue weighted by Crippen LogP contribution is -2.46. The van der Waals surface area contributed by atoms with E-state index in [1.807, 2.05) is 18.2 Å². The second kappa shape index (κ2) is 5.27. The van der Waals surface area contributed by atoms with Crippen molar-refractivity contribution in [1.29, 1.82) is 0 Å². The van der Waals surface area contributed by atoms with Crippen LogP contribution in [0, 0.1) is 0 Å². The van der Waals surface area contributed by atoms with Gasteiger partial charge in [0, 0.05) is 24.7 Å². The summed E-state index contributed by atoms with van der Waals surface area (Å²) in [6.07, 6.45) is 4.66. The molecule has 1 aromatic heterocycles. The number of aromatic nitrogens is 2. The minimum atomic E-state index is -3.46. The van der Waals surface area contributed by atoms with E-state index in [0.29, 0.717) is 13.1 Å². The zero-order valence-electron chi connectivity index (χ0n) is 12.0. The van der Waals surface area contributed by atoms with Gasteiger partial charge in [0.1, 0.15) is 4.90 Å². The molecule has 2 heterocycles. The van der Waals surface area contributed by atoms with E-state index < -0.39 is 10.0 Å². The molecule has 0 aliphatic carbocycles. The van der Waals surface area contributed by atoms with Crippen molar-refractivity contribution in [3.05, 3.63) is 48.3 Å².